The Morgan fingerprint density at radius 3 is 2.93 bits per heavy atom. The monoisotopic (exact) mass is 407 g/mol. The van der Waals surface area contributed by atoms with Gasteiger partial charge in [-0.05, 0) is 31.7 Å². The van der Waals surface area contributed by atoms with Crippen molar-refractivity contribution in [2.24, 2.45) is 0 Å². The average molecular weight is 408 g/mol. The molecular formula is C20H29N3O2S2. The summed E-state index contributed by atoms with van der Waals surface area (Å²) in [6, 6.07) is 0. The van der Waals surface area contributed by atoms with Crippen LogP contribution in [0, 0.1) is 0 Å². The van der Waals surface area contributed by atoms with Crippen molar-refractivity contribution in [1.82, 2.24) is 9.97 Å². The minimum absolute atomic E-state index is 0.0990. The van der Waals surface area contributed by atoms with Gasteiger partial charge in [0.1, 0.15) is 10.6 Å². The Hall–Kier alpha value is -0.890. The molecule has 27 heavy (non-hydrogen) atoms. The van der Waals surface area contributed by atoms with Crippen molar-refractivity contribution in [2.45, 2.75) is 82.1 Å². The molecule has 2 aliphatic heterocycles. The van der Waals surface area contributed by atoms with Crippen molar-refractivity contribution in [3.63, 3.8) is 0 Å². The molecule has 2 aromatic heterocycles. The van der Waals surface area contributed by atoms with Crippen LogP contribution in [0.25, 0.3) is 10.2 Å². The van der Waals surface area contributed by atoms with Crippen molar-refractivity contribution in [2.75, 3.05) is 18.5 Å². The lowest BCUT2D eigenvalue weighted by molar-refractivity contribution is -0.0542. The summed E-state index contributed by atoms with van der Waals surface area (Å²) in [5.41, 5.74) is 1.28. The summed E-state index contributed by atoms with van der Waals surface area (Å²) in [5.74, 6) is 0.969. The Morgan fingerprint density at radius 1 is 1.37 bits per heavy atom. The number of hydrogen-bond donors (Lipinski definition) is 1. The zero-order valence-corrected chi connectivity index (χ0v) is 18.3. The van der Waals surface area contributed by atoms with E-state index in [1.54, 1.807) is 23.1 Å². The SMILES string of the molecule is CC[C@]1(C)Cc2c(sc3nc(SC(C)C)nc(NC[C@H]4CCCO4)c23)CO1. The fourth-order valence-electron chi connectivity index (χ4n) is 3.69. The van der Waals surface area contributed by atoms with Crippen LogP contribution in [0.1, 0.15) is 57.4 Å². The van der Waals surface area contributed by atoms with Crippen LogP contribution < -0.4 is 5.32 Å². The lowest BCUT2D eigenvalue weighted by atomic mass is 9.90. The van der Waals surface area contributed by atoms with Crippen molar-refractivity contribution in [3.05, 3.63) is 10.4 Å². The van der Waals surface area contributed by atoms with E-state index in [0.717, 1.165) is 54.6 Å². The van der Waals surface area contributed by atoms with Crippen molar-refractivity contribution >= 4 is 39.1 Å². The predicted octanol–water partition coefficient (Wildman–Crippen LogP) is 5.02. The molecule has 1 fully saturated rings. The molecule has 0 bridgehead atoms. The van der Waals surface area contributed by atoms with Gasteiger partial charge in [0.15, 0.2) is 5.16 Å². The van der Waals surface area contributed by atoms with E-state index in [1.165, 1.54) is 15.8 Å². The Labute approximate surface area is 169 Å². The summed E-state index contributed by atoms with van der Waals surface area (Å²) >= 11 is 3.48. The average Bonchev–Trinajstić information content (AvgIpc) is 3.26. The first-order chi connectivity index (χ1) is 13.0. The highest BCUT2D eigenvalue weighted by Gasteiger charge is 2.33. The zero-order chi connectivity index (χ0) is 19.0. The Morgan fingerprint density at radius 2 is 2.22 bits per heavy atom. The number of fused-ring (bicyclic) bond motifs is 3. The van der Waals surface area contributed by atoms with E-state index in [1.807, 2.05) is 0 Å². The van der Waals surface area contributed by atoms with E-state index in [-0.39, 0.29) is 11.7 Å². The van der Waals surface area contributed by atoms with E-state index in [9.17, 15) is 0 Å². The third kappa shape index (κ3) is 4.11. The van der Waals surface area contributed by atoms with Crippen LogP contribution in [-0.2, 0) is 22.5 Å². The van der Waals surface area contributed by atoms with Crippen LogP contribution in [0.5, 0.6) is 0 Å². The maximum absolute atomic E-state index is 6.16. The van der Waals surface area contributed by atoms with Gasteiger partial charge in [0.05, 0.1) is 23.7 Å². The van der Waals surface area contributed by atoms with Gasteiger partial charge in [0.2, 0.25) is 0 Å². The van der Waals surface area contributed by atoms with Gasteiger partial charge < -0.3 is 14.8 Å². The number of anilines is 1. The molecule has 0 saturated carbocycles. The summed E-state index contributed by atoms with van der Waals surface area (Å²) in [7, 11) is 0. The highest BCUT2D eigenvalue weighted by molar-refractivity contribution is 7.99. The van der Waals surface area contributed by atoms with Crippen LogP contribution in [0.2, 0.25) is 0 Å². The van der Waals surface area contributed by atoms with Crippen molar-refractivity contribution < 1.29 is 9.47 Å². The maximum atomic E-state index is 6.16. The molecule has 0 unspecified atom stereocenters. The van der Waals surface area contributed by atoms with E-state index >= 15 is 0 Å². The molecule has 1 saturated heterocycles. The van der Waals surface area contributed by atoms with Crippen LogP contribution in [-0.4, -0.2) is 40.1 Å². The molecule has 0 spiro atoms. The number of aromatic nitrogens is 2. The Kier molecular flexibility index (Phi) is 5.65. The van der Waals surface area contributed by atoms with E-state index < -0.39 is 0 Å². The third-order valence-corrected chi connectivity index (χ3v) is 7.39. The summed E-state index contributed by atoms with van der Waals surface area (Å²) < 4.78 is 12.0. The van der Waals surface area contributed by atoms with Crippen LogP contribution in [0.15, 0.2) is 5.16 Å². The summed E-state index contributed by atoms with van der Waals surface area (Å²) in [6.07, 6.45) is 4.49. The van der Waals surface area contributed by atoms with E-state index in [4.69, 9.17) is 19.4 Å². The summed E-state index contributed by atoms with van der Waals surface area (Å²) in [5, 5.41) is 6.10. The minimum Gasteiger partial charge on any atom is -0.376 e. The molecule has 7 heteroatoms. The fraction of sp³-hybridized carbons (Fsp3) is 0.700. The number of nitrogens with zero attached hydrogens (tertiary/aromatic N) is 2. The first-order valence-corrected chi connectivity index (χ1v) is 11.7. The zero-order valence-electron chi connectivity index (χ0n) is 16.6. The van der Waals surface area contributed by atoms with E-state index in [0.29, 0.717) is 11.9 Å². The summed E-state index contributed by atoms with van der Waals surface area (Å²) in [4.78, 5) is 12.2. The number of ether oxygens (including phenoxy) is 2. The number of nitrogens with one attached hydrogen (secondary N) is 1. The lowest BCUT2D eigenvalue weighted by Crippen LogP contribution is -2.34. The quantitative estimate of drug-likeness (QED) is 0.536. The van der Waals surface area contributed by atoms with Crippen LogP contribution >= 0.6 is 23.1 Å². The number of thioether (sulfide) groups is 1. The molecule has 2 atom stereocenters. The molecule has 0 aliphatic carbocycles. The van der Waals surface area contributed by atoms with Crippen molar-refractivity contribution in [1.29, 1.82) is 0 Å². The normalized spacial score (nSPS) is 25.3. The summed E-state index contributed by atoms with van der Waals surface area (Å²) in [6.45, 7) is 11.1. The molecular weight excluding hydrogens is 378 g/mol. The molecule has 1 N–H and O–H groups in total. The molecule has 2 aliphatic rings. The third-order valence-electron chi connectivity index (χ3n) is 5.43. The highest BCUT2D eigenvalue weighted by Crippen LogP contribution is 2.42. The van der Waals surface area contributed by atoms with Crippen LogP contribution in [0.4, 0.5) is 5.82 Å². The molecule has 2 aromatic rings. The Bertz CT molecular complexity index is 817. The van der Waals surface area contributed by atoms with Gasteiger partial charge in [0.25, 0.3) is 0 Å². The van der Waals surface area contributed by atoms with Gasteiger partial charge in [-0.15, -0.1) is 11.3 Å². The second-order valence-corrected chi connectivity index (χ2v) is 10.6. The largest absolute Gasteiger partial charge is 0.376 e. The van der Waals surface area contributed by atoms with Gasteiger partial charge >= 0.3 is 0 Å². The molecule has 0 aromatic carbocycles. The van der Waals surface area contributed by atoms with Gasteiger partial charge in [-0.25, -0.2) is 9.97 Å². The lowest BCUT2D eigenvalue weighted by Gasteiger charge is -2.33. The molecule has 5 nitrogen and oxygen atoms in total. The first kappa shape index (κ1) is 19.4. The fourth-order valence-corrected chi connectivity index (χ4v) is 5.56. The number of hydrogen-bond acceptors (Lipinski definition) is 7. The minimum atomic E-state index is -0.0990. The number of rotatable bonds is 6. The Balaban J connectivity index is 1.73. The maximum Gasteiger partial charge on any atom is 0.191 e. The van der Waals surface area contributed by atoms with Crippen molar-refractivity contribution in [3.8, 4) is 0 Å². The smallest absolute Gasteiger partial charge is 0.191 e. The highest BCUT2D eigenvalue weighted by atomic mass is 32.2. The molecule has 4 rings (SSSR count). The topological polar surface area (TPSA) is 56.3 Å². The predicted molar refractivity (Wildman–Crippen MR) is 113 cm³/mol. The molecule has 0 radical (unpaired) electrons. The molecule has 4 heterocycles. The molecule has 0 amide bonds. The van der Waals surface area contributed by atoms with Gasteiger partial charge in [0, 0.05) is 29.7 Å². The van der Waals surface area contributed by atoms with Gasteiger partial charge in [-0.2, -0.15) is 0 Å². The second-order valence-electron chi connectivity index (χ2n) is 7.99. The number of thiophene rings is 1. The standard InChI is InChI=1S/C20H29N3O2S2/c1-5-20(4)9-14-15(11-25-20)27-18-16(14)17(21-10-13-7-6-8-24-13)22-19(23-18)26-12(2)3/h12-13H,5-11H2,1-4H3,(H,21,22,23)/t13-,20-/m1/s1. The van der Waals surface area contributed by atoms with E-state index in [2.05, 4.69) is 33.0 Å². The van der Waals surface area contributed by atoms with Crippen LogP contribution in [0.3, 0.4) is 0 Å². The van der Waals surface area contributed by atoms with Gasteiger partial charge in [-0.3, -0.25) is 0 Å². The second kappa shape index (κ2) is 7.85. The van der Waals surface area contributed by atoms with Gasteiger partial charge in [-0.1, -0.05) is 32.5 Å². The first-order valence-electron chi connectivity index (χ1n) is 9.96. The molecule has 148 valence electrons.